The topological polar surface area (TPSA) is 93.2 Å². The first-order chi connectivity index (χ1) is 8.11. The number of nitrogens with zero attached hydrogens (tertiary/aromatic N) is 3. The smallest absolute Gasteiger partial charge is 0.333 e. The zero-order chi connectivity index (χ0) is 12.8. The third-order valence-electron chi connectivity index (χ3n) is 2.49. The first-order valence-corrected chi connectivity index (χ1v) is 5.66. The number of aliphatic hydroxyl groups is 1. The fourth-order valence-corrected chi connectivity index (χ4v) is 1.64. The van der Waals surface area contributed by atoms with Crippen molar-refractivity contribution in [2.24, 2.45) is 7.05 Å². The van der Waals surface area contributed by atoms with Gasteiger partial charge in [0.15, 0.2) is 0 Å². The standard InChI is InChI=1S/C10H18N4O3/c1-3-8-9(14(16)17)10(13(2)12-8)11-6-4-5-7-15/h11,15H,3-7H2,1-2H3. The Labute approximate surface area is 99.6 Å². The Morgan fingerprint density at radius 3 is 2.76 bits per heavy atom. The Morgan fingerprint density at radius 1 is 1.53 bits per heavy atom. The molecule has 0 amide bonds. The molecule has 1 aromatic rings. The Kier molecular flexibility index (Phi) is 4.89. The maximum Gasteiger partial charge on any atom is 0.333 e. The van der Waals surface area contributed by atoms with Crippen molar-refractivity contribution in [2.45, 2.75) is 26.2 Å². The molecule has 0 saturated heterocycles. The highest BCUT2D eigenvalue weighted by molar-refractivity contribution is 5.59. The molecule has 1 heterocycles. The van der Waals surface area contributed by atoms with Gasteiger partial charge in [-0.05, 0) is 19.3 Å². The van der Waals surface area contributed by atoms with Crippen LogP contribution in [0.3, 0.4) is 0 Å². The van der Waals surface area contributed by atoms with Crippen LogP contribution in [0.25, 0.3) is 0 Å². The van der Waals surface area contributed by atoms with Crippen LogP contribution in [0, 0.1) is 10.1 Å². The molecule has 0 bridgehead atoms. The van der Waals surface area contributed by atoms with Gasteiger partial charge in [0.05, 0.1) is 4.92 Å². The van der Waals surface area contributed by atoms with Gasteiger partial charge in [-0.1, -0.05) is 6.92 Å². The number of anilines is 1. The van der Waals surface area contributed by atoms with Crippen LogP contribution in [0.5, 0.6) is 0 Å². The molecule has 96 valence electrons. The summed E-state index contributed by atoms with van der Waals surface area (Å²) in [7, 11) is 1.68. The van der Waals surface area contributed by atoms with Crippen molar-refractivity contribution >= 4 is 11.5 Å². The average Bonchev–Trinajstić information content (AvgIpc) is 2.61. The molecule has 17 heavy (non-hydrogen) atoms. The summed E-state index contributed by atoms with van der Waals surface area (Å²) in [6.07, 6.45) is 1.97. The van der Waals surface area contributed by atoms with E-state index in [-0.39, 0.29) is 12.3 Å². The fraction of sp³-hybridized carbons (Fsp3) is 0.700. The normalized spacial score (nSPS) is 10.5. The number of nitrogens with one attached hydrogen (secondary N) is 1. The second-order valence-electron chi connectivity index (χ2n) is 3.74. The first kappa shape index (κ1) is 13.4. The van der Waals surface area contributed by atoms with Gasteiger partial charge in [0.25, 0.3) is 0 Å². The molecule has 0 aliphatic carbocycles. The van der Waals surface area contributed by atoms with Crippen LogP contribution in [0.15, 0.2) is 0 Å². The summed E-state index contributed by atoms with van der Waals surface area (Å²) in [5.74, 6) is 0.435. The van der Waals surface area contributed by atoms with Crippen molar-refractivity contribution in [1.29, 1.82) is 0 Å². The maximum atomic E-state index is 11.0. The largest absolute Gasteiger partial charge is 0.396 e. The summed E-state index contributed by atoms with van der Waals surface area (Å²) in [4.78, 5) is 10.6. The molecule has 0 aromatic carbocycles. The van der Waals surface area contributed by atoms with Gasteiger partial charge in [0.2, 0.25) is 5.82 Å². The molecule has 7 heteroatoms. The summed E-state index contributed by atoms with van der Waals surface area (Å²) in [6, 6.07) is 0. The van der Waals surface area contributed by atoms with Crippen LogP contribution in [0.4, 0.5) is 11.5 Å². The van der Waals surface area contributed by atoms with E-state index in [4.69, 9.17) is 5.11 Å². The Balaban J connectivity index is 2.82. The predicted molar refractivity (Wildman–Crippen MR) is 64.0 cm³/mol. The van der Waals surface area contributed by atoms with Crippen molar-refractivity contribution < 1.29 is 10.0 Å². The molecule has 7 nitrogen and oxygen atoms in total. The minimum atomic E-state index is -0.403. The van der Waals surface area contributed by atoms with E-state index in [9.17, 15) is 10.1 Å². The molecule has 0 unspecified atom stereocenters. The molecule has 0 saturated carbocycles. The van der Waals surface area contributed by atoms with Gasteiger partial charge in [-0.25, -0.2) is 4.68 Å². The summed E-state index contributed by atoms with van der Waals surface area (Å²) in [6.45, 7) is 2.56. The minimum Gasteiger partial charge on any atom is -0.396 e. The number of hydrogen-bond acceptors (Lipinski definition) is 5. The summed E-state index contributed by atoms with van der Waals surface area (Å²) in [5.41, 5.74) is 0.543. The lowest BCUT2D eigenvalue weighted by Crippen LogP contribution is -2.08. The lowest BCUT2D eigenvalue weighted by atomic mass is 10.3. The molecule has 1 rings (SSSR count). The quantitative estimate of drug-likeness (QED) is 0.424. The van der Waals surface area contributed by atoms with E-state index in [1.807, 2.05) is 6.92 Å². The van der Waals surface area contributed by atoms with Gasteiger partial charge in [-0.2, -0.15) is 5.10 Å². The van der Waals surface area contributed by atoms with Crippen molar-refractivity contribution in [2.75, 3.05) is 18.5 Å². The number of nitro groups is 1. The summed E-state index contributed by atoms with van der Waals surface area (Å²) >= 11 is 0. The van der Waals surface area contributed by atoms with Crippen molar-refractivity contribution in [3.05, 3.63) is 15.8 Å². The average molecular weight is 242 g/mol. The van der Waals surface area contributed by atoms with Crippen LogP contribution in [0.2, 0.25) is 0 Å². The zero-order valence-corrected chi connectivity index (χ0v) is 10.1. The van der Waals surface area contributed by atoms with Crippen molar-refractivity contribution in [3.8, 4) is 0 Å². The molecule has 1 aromatic heterocycles. The third-order valence-corrected chi connectivity index (χ3v) is 2.49. The first-order valence-electron chi connectivity index (χ1n) is 5.66. The van der Waals surface area contributed by atoms with Crippen LogP contribution in [-0.2, 0) is 13.5 Å². The highest BCUT2D eigenvalue weighted by Gasteiger charge is 2.24. The maximum absolute atomic E-state index is 11.0. The number of hydrogen-bond donors (Lipinski definition) is 2. The van der Waals surface area contributed by atoms with Crippen LogP contribution in [0.1, 0.15) is 25.5 Å². The summed E-state index contributed by atoms with van der Waals surface area (Å²) in [5, 5.41) is 26.7. The van der Waals surface area contributed by atoms with Gasteiger partial charge in [-0.15, -0.1) is 0 Å². The molecule has 0 fully saturated rings. The zero-order valence-electron chi connectivity index (χ0n) is 10.1. The molecule has 0 aliphatic rings. The molecule has 2 N–H and O–H groups in total. The van der Waals surface area contributed by atoms with E-state index >= 15 is 0 Å². The second-order valence-corrected chi connectivity index (χ2v) is 3.74. The highest BCUT2D eigenvalue weighted by Crippen LogP contribution is 2.28. The molecule has 0 radical (unpaired) electrons. The Morgan fingerprint density at radius 2 is 2.24 bits per heavy atom. The predicted octanol–water partition coefficient (Wildman–Crippen LogP) is 1.08. The molecular formula is C10H18N4O3. The lowest BCUT2D eigenvalue weighted by molar-refractivity contribution is -0.384. The van der Waals surface area contributed by atoms with Gasteiger partial charge in [0.1, 0.15) is 5.69 Å². The van der Waals surface area contributed by atoms with Crippen LogP contribution >= 0.6 is 0 Å². The molecule has 0 aliphatic heterocycles. The van der Waals surface area contributed by atoms with Gasteiger partial charge < -0.3 is 10.4 Å². The monoisotopic (exact) mass is 242 g/mol. The Bertz CT molecular complexity index is 389. The number of unbranched alkanes of at least 4 members (excludes halogenated alkanes) is 1. The Hall–Kier alpha value is -1.63. The molecular weight excluding hydrogens is 224 g/mol. The van der Waals surface area contributed by atoms with E-state index in [1.165, 1.54) is 4.68 Å². The van der Waals surface area contributed by atoms with E-state index in [2.05, 4.69) is 10.4 Å². The van der Waals surface area contributed by atoms with Crippen LogP contribution in [-0.4, -0.2) is 33.0 Å². The number of aromatic nitrogens is 2. The third kappa shape index (κ3) is 3.16. The number of rotatable bonds is 7. The highest BCUT2D eigenvalue weighted by atomic mass is 16.6. The van der Waals surface area contributed by atoms with Crippen LogP contribution < -0.4 is 5.32 Å². The van der Waals surface area contributed by atoms with Gasteiger partial charge in [-0.3, -0.25) is 10.1 Å². The van der Waals surface area contributed by atoms with Crippen molar-refractivity contribution in [1.82, 2.24) is 9.78 Å². The van der Waals surface area contributed by atoms with E-state index < -0.39 is 4.92 Å². The van der Waals surface area contributed by atoms with E-state index in [1.54, 1.807) is 7.05 Å². The summed E-state index contributed by atoms with van der Waals surface area (Å²) < 4.78 is 1.50. The lowest BCUT2D eigenvalue weighted by Gasteiger charge is -2.04. The van der Waals surface area contributed by atoms with E-state index in [0.29, 0.717) is 30.9 Å². The minimum absolute atomic E-state index is 0.0546. The van der Waals surface area contributed by atoms with Gasteiger partial charge >= 0.3 is 5.69 Å². The molecule has 0 spiro atoms. The van der Waals surface area contributed by atoms with Crippen molar-refractivity contribution in [3.63, 3.8) is 0 Å². The number of aliphatic hydroxyl groups excluding tert-OH is 1. The van der Waals surface area contributed by atoms with Gasteiger partial charge in [0, 0.05) is 20.2 Å². The molecule has 0 atom stereocenters. The number of aryl methyl sites for hydroxylation is 2. The van der Waals surface area contributed by atoms with E-state index in [0.717, 1.165) is 6.42 Å². The second kappa shape index (κ2) is 6.19. The fourth-order valence-electron chi connectivity index (χ4n) is 1.64. The SMILES string of the molecule is CCc1nn(C)c(NCCCCO)c1[N+](=O)[O-].